The average molecular weight is 255 g/mol. The zero-order valence-corrected chi connectivity index (χ0v) is 11.7. The second-order valence-corrected chi connectivity index (χ2v) is 5.40. The third kappa shape index (κ3) is 3.70. The second-order valence-electron chi connectivity index (χ2n) is 5.40. The molecule has 1 saturated carbocycles. The smallest absolute Gasteiger partial charge is 0.243 e. The third-order valence-corrected chi connectivity index (χ3v) is 3.37. The topological polar surface area (TPSA) is 75.4 Å². The fourth-order valence-electron chi connectivity index (χ4n) is 2.40. The van der Waals surface area contributed by atoms with Gasteiger partial charge in [0.1, 0.15) is 0 Å². The highest BCUT2D eigenvalue weighted by molar-refractivity contribution is 5.90. The van der Waals surface area contributed by atoms with Crippen molar-refractivity contribution in [2.45, 2.75) is 58.0 Å². The SMILES string of the molecule is CCN(CC(=O)NC(C)C)C(=O)C1(N)CCCC1. The van der Waals surface area contributed by atoms with Crippen LogP contribution >= 0.6 is 0 Å². The molecule has 0 bridgehead atoms. The van der Waals surface area contributed by atoms with Gasteiger partial charge in [0, 0.05) is 12.6 Å². The van der Waals surface area contributed by atoms with Crippen LogP contribution in [0.4, 0.5) is 0 Å². The summed E-state index contributed by atoms with van der Waals surface area (Å²) < 4.78 is 0. The minimum atomic E-state index is -0.742. The van der Waals surface area contributed by atoms with Crippen molar-refractivity contribution in [1.82, 2.24) is 10.2 Å². The molecule has 1 rings (SSSR count). The lowest BCUT2D eigenvalue weighted by Gasteiger charge is -2.30. The van der Waals surface area contributed by atoms with Gasteiger partial charge in [0.25, 0.3) is 0 Å². The van der Waals surface area contributed by atoms with Gasteiger partial charge in [-0.3, -0.25) is 9.59 Å². The van der Waals surface area contributed by atoms with Crippen molar-refractivity contribution < 1.29 is 9.59 Å². The minimum absolute atomic E-state index is 0.0820. The predicted molar refractivity (Wildman–Crippen MR) is 70.9 cm³/mol. The normalized spacial score (nSPS) is 17.8. The van der Waals surface area contributed by atoms with Crippen LogP contribution in [0.25, 0.3) is 0 Å². The lowest BCUT2D eigenvalue weighted by molar-refractivity contribution is -0.140. The number of amides is 2. The maximum absolute atomic E-state index is 12.3. The summed E-state index contributed by atoms with van der Waals surface area (Å²) in [4.78, 5) is 25.6. The summed E-state index contributed by atoms with van der Waals surface area (Å²) in [6, 6.07) is 0.0876. The number of carbonyl (C=O) groups excluding carboxylic acids is 2. The maximum atomic E-state index is 12.3. The van der Waals surface area contributed by atoms with E-state index in [1.807, 2.05) is 20.8 Å². The van der Waals surface area contributed by atoms with E-state index in [2.05, 4.69) is 5.32 Å². The van der Waals surface area contributed by atoms with Crippen molar-refractivity contribution in [2.75, 3.05) is 13.1 Å². The number of nitrogens with one attached hydrogen (secondary N) is 1. The van der Waals surface area contributed by atoms with Crippen LogP contribution in [-0.4, -0.2) is 41.4 Å². The standard InChI is InChI=1S/C13H25N3O2/c1-4-16(9-11(17)15-10(2)3)12(18)13(14)7-5-6-8-13/h10H,4-9,14H2,1-3H3,(H,15,17). The number of nitrogens with two attached hydrogens (primary N) is 1. The van der Waals surface area contributed by atoms with Crippen molar-refractivity contribution in [3.63, 3.8) is 0 Å². The van der Waals surface area contributed by atoms with E-state index in [-0.39, 0.29) is 24.4 Å². The molecule has 0 aromatic rings. The molecule has 5 heteroatoms. The lowest BCUT2D eigenvalue weighted by Crippen LogP contribution is -2.55. The molecule has 0 aromatic heterocycles. The molecule has 1 fully saturated rings. The van der Waals surface area contributed by atoms with E-state index in [4.69, 9.17) is 5.73 Å². The molecule has 0 saturated heterocycles. The zero-order valence-electron chi connectivity index (χ0n) is 11.7. The summed E-state index contributed by atoms with van der Waals surface area (Å²) in [5.41, 5.74) is 5.39. The molecular formula is C13H25N3O2. The Morgan fingerprint density at radius 2 is 1.89 bits per heavy atom. The predicted octanol–water partition coefficient (Wildman–Crippen LogP) is 0.631. The number of likely N-dealkylation sites (N-methyl/N-ethyl adjacent to an activating group) is 1. The van der Waals surface area contributed by atoms with E-state index < -0.39 is 5.54 Å². The Morgan fingerprint density at radius 3 is 2.33 bits per heavy atom. The van der Waals surface area contributed by atoms with Crippen LogP contribution in [0.3, 0.4) is 0 Å². The second kappa shape index (κ2) is 6.18. The van der Waals surface area contributed by atoms with Gasteiger partial charge in [-0.2, -0.15) is 0 Å². The molecular weight excluding hydrogens is 230 g/mol. The van der Waals surface area contributed by atoms with Gasteiger partial charge < -0.3 is 16.0 Å². The van der Waals surface area contributed by atoms with Crippen molar-refractivity contribution in [2.24, 2.45) is 5.73 Å². The van der Waals surface area contributed by atoms with Crippen LogP contribution < -0.4 is 11.1 Å². The lowest BCUT2D eigenvalue weighted by atomic mass is 9.97. The Bertz CT molecular complexity index is 309. The highest BCUT2D eigenvalue weighted by Gasteiger charge is 2.39. The molecule has 1 aliphatic rings. The van der Waals surface area contributed by atoms with Gasteiger partial charge in [-0.25, -0.2) is 0 Å². The van der Waals surface area contributed by atoms with Crippen LogP contribution in [0.1, 0.15) is 46.5 Å². The van der Waals surface area contributed by atoms with Crippen molar-refractivity contribution >= 4 is 11.8 Å². The van der Waals surface area contributed by atoms with Crippen LogP contribution in [0.15, 0.2) is 0 Å². The molecule has 0 aromatic carbocycles. The fourth-order valence-corrected chi connectivity index (χ4v) is 2.40. The third-order valence-electron chi connectivity index (χ3n) is 3.37. The van der Waals surface area contributed by atoms with Crippen molar-refractivity contribution in [3.05, 3.63) is 0 Å². The number of hydrogen-bond acceptors (Lipinski definition) is 3. The number of hydrogen-bond donors (Lipinski definition) is 2. The monoisotopic (exact) mass is 255 g/mol. The van der Waals surface area contributed by atoms with Crippen molar-refractivity contribution in [1.29, 1.82) is 0 Å². The van der Waals surface area contributed by atoms with Crippen LogP contribution in [0.5, 0.6) is 0 Å². The van der Waals surface area contributed by atoms with Gasteiger partial charge in [-0.05, 0) is 33.6 Å². The molecule has 1 aliphatic carbocycles. The van der Waals surface area contributed by atoms with E-state index in [1.165, 1.54) is 0 Å². The molecule has 0 unspecified atom stereocenters. The van der Waals surface area contributed by atoms with Gasteiger partial charge in [0.05, 0.1) is 12.1 Å². The number of nitrogens with zero attached hydrogens (tertiary/aromatic N) is 1. The van der Waals surface area contributed by atoms with Crippen LogP contribution in [-0.2, 0) is 9.59 Å². The number of carbonyl (C=O) groups is 2. The first-order valence-electron chi connectivity index (χ1n) is 6.76. The van der Waals surface area contributed by atoms with E-state index in [1.54, 1.807) is 4.90 Å². The van der Waals surface area contributed by atoms with E-state index in [0.29, 0.717) is 6.54 Å². The molecule has 0 aliphatic heterocycles. The van der Waals surface area contributed by atoms with Gasteiger partial charge in [-0.15, -0.1) is 0 Å². The molecule has 0 atom stereocenters. The highest BCUT2D eigenvalue weighted by Crippen LogP contribution is 2.28. The minimum Gasteiger partial charge on any atom is -0.352 e. The molecule has 5 nitrogen and oxygen atoms in total. The molecule has 18 heavy (non-hydrogen) atoms. The van der Waals surface area contributed by atoms with E-state index in [0.717, 1.165) is 25.7 Å². The molecule has 104 valence electrons. The Hall–Kier alpha value is -1.10. The summed E-state index contributed by atoms with van der Waals surface area (Å²) in [5.74, 6) is -0.205. The average Bonchev–Trinajstić information content (AvgIpc) is 2.72. The first-order valence-corrected chi connectivity index (χ1v) is 6.76. The molecule has 0 radical (unpaired) electrons. The molecule has 0 spiro atoms. The fraction of sp³-hybridized carbons (Fsp3) is 0.846. The molecule has 0 heterocycles. The van der Waals surface area contributed by atoms with Gasteiger partial charge in [-0.1, -0.05) is 12.8 Å². The van der Waals surface area contributed by atoms with E-state index in [9.17, 15) is 9.59 Å². The largest absolute Gasteiger partial charge is 0.352 e. The highest BCUT2D eigenvalue weighted by atomic mass is 16.2. The Kier molecular flexibility index (Phi) is 5.14. The number of rotatable bonds is 5. The van der Waals surface area contributed by atoms with E-state index >= 15 is 0 Å². The maximum Gasteiger partial charge on any atom is 0.243 e. The zero-order chi connectivity index (χ0) is 13.8. The Labute approximate surface area is 109 Å². The molecule has 2 amide bonds. The molecule has 3 N–H and O–H groups in total. The summed E-state index contributed by atoms with van der Waals surface area (Å²) in [6.07, 6.45) is 3.46. The first-order chi connectivity index (χ1) is 8.39. The van der Waals surface area contributed by atoms with Crippen molar-refractivity contribution in [3.8, 4) is 0 Å². The summed E-state index contributed by atoms with van der Waals surface area (Å²) >= 11 is 0. The Morgan fingerprint density at radius 1 is 1.33 bits per heavy atom. The Balaban J connectivity index is 2.60. The van der Waals surface area contributed by atoms with Gasteiger partial charge >= 0.3 is 0 Å². The van der Waals surface area contributed by atoms with Crippen LogP contribution in [0.2, 0.25) is 0 Å². The summed E-state index contributed by atoms with van der Waals surface area (Å²) in [7, 11) is 0. The summed E-state index contributed by atoms with van der Waals surface area (Å²) in [6.45, 7) is 6.30. The summed E-state index contributed by atoms with van der Waals surface area (Å²) in [5, 5.41) is 2.79. The van der Waals surface area contributed by atoms with Crippen LogP contribution in [0, 0.1) is 0 Å². The van der Waals surface area contributed by atoms with Gasteiger partial charge in [0.2, 0.25) is 11.8 Å². The quantitative estimate of drug-likeness (QED) is 0.756. The van der Waals surface area contributed by atoms with Gasteiger partial charge in [0.15, 0.2) is 0 Å². The first kappa shape index (κ1) is 15.0.